The molecule has 1 atom stereocenters. The maximum absolute atomic E-state index is 14.1. The van der Waals surface area contributed by atoms with E-state index in [2.05, 4.69) is 4.98 Å². The van der Waals surface area contributed by atoms with Crippen LogP contribution >= 0.6 is 23.1 Å². The van der Waals surface area contributed by atoms with Gasteiger partial charge in [0.15, 0.2) is 5.13 Å². The molecular weight excluding hydrogens is 435 g/mol. The second kappa shape index (κ2) is 10.4. The summed E-state index contributed by atoms with van der Waals surface area (Å²) in [5.41, 5.74) is 0.322. The van der Waals surface area contributed by atoms with E-state index >= 15 is 0 Å². The van der Waals surface area contributed by atoms with E-state index in [-0.39, 0.29) is 17.8 Å². The van der Waals surface area contributed by atoms with Crippen LogP contribution in [0.2, 0.25) is 0 Å². The zero-order chi connectivity index (χ0) is 21.6. The zero-order valence-electron chi connectivity index (χ0n) is 17.4. The highest BCUT2D eigenvalue weighted by Gasteiger charge is 2.26. The van der Waals surface area contributed by atoms with Crippen LogP contribution in [0.3, 0.4) is 0 Å². The van der Waals surface area contributed by atoms with Crippen molar-refractivity contribution in [2.75, 3.05) is 30.9 Å². The summed E-state index contributed by atoms with van der Waals surface area (Å²) in [6, 6.07) is 12.8. The fourth-order valence-electron chi connectivity index (χ4n) is 3.52. The number of rotatable bonds is 9. The number of fused-ring (bicyclic) bond motifs is 1. The number of anilines is 1. The second-order valence-electron chi connectivity index (χ2n) is 7.35. The van der Waals surface area contributed by atoms with E-state index in [4.69, 9.17) is 9.47 Å². The quantitative estimate of drug-likeness (QED) is 0.310. The largest absolute Gasteiger partial charge is 0.497 e. The Hall–Kier alpha value is -2.16. The first-order valence-electron chi connectivity index (χ1n) is 10.4. The molecule has 0 bridgehead atoms. The monoisotopic (exact) mass is 460 g/mol. The summed E-state index contributed by atoms with van der Waals surface area (Å²) in [6.45, 7) is 1.19. The Morgan fingerprint density at radius 3 is 2.87 bits per heavy atom. The van der Waals surface area contributed by atoms with Gasteiger partial charge in [-0.1, -0.05) is 17.4 Å². The van der Waals surface area contributed by atoms with Crippen molar-refractivity contribution in [2.24, 2.45) is 0 Å². The number of thioether (sulfide) groups is 1. The normalized spacial score (nSPS) is 16.0. The Morgan fingerprint density at radius 1 is 1.32 bits per heavy atom. The summed E-state index contributed by atoms with van der Waals surface area (Å²) in [5, 5.41) is 0.545. The van der Waals surface area contributed by atoms with E-state index < -0.39 is 0 Å². The van der Waals surface area contributed by atoms with Crippen LogP contribution in [0.15, 0.2) is 47.4 Å². The van der Waals surface area contributed by atoms with Gasteiger partial charge in [-0.3, -0.25) is 9.69 Å². The number of methoxy groups -OCH3 is 1. The fraction of sp³-hybridized carbons (Fsp3) is 0.391. The molecule has 1 aliphatic rings. The molecule has 0 N–H and O–H groups in total. The summed E-state index contributed by atoms with van der Waals surface area (Å²) in [7, 11) is 1.65. The third-order valence-electron chi connectivity index (χ3n) is 5.16. The summed E-state index contributed by atoms with van der Waals surface area (Å²) in [6.07, 6.45) is 3.09. The molecule has 1 fully saturated rings. The lowest BCUT2D eigenvalue weighted by Gasteiger charge is -2.23. The van der Waals surface area contributed by atoms with Crippen LogP contribution in [-0.2, 0) is 9.53 Å². The Morgan fingerprint density at radius 2 is 2.16 bits per heavy atom. The molecule has 2 aromatic carbocycles. The van der Waals surface area contributed by atoms with Gasteiger partial charge >= 0.3 is 0 Å². The predicted molar refractivity (Wildman–Crippen MR) is 124 cm³/mol. The number of amides is 1. The standard InChI is InChI=1S/C23H25FN2O3S2/c1-28-16-9-11-18(12-10-16)30-14-4-8-21(27)26(15-17-5-3-13-29-17)23-25-22-19(24)6-2-7-20(22)31-23/h2,6-7,9-12,17H,3-5,8,13-15H2,1H3. The van der Waals surface area contributed by atoms with Crippen molar-refractivity contribution in [1.29, 1.82) is 0 Å². The van der Waals surface area contributed by atoms with Crippen LogP contribution in [0.5, 0.6) is 5.75 Å². The number of benzene rings is 2. The van der Waals surface area contributed by atoms with Crippen molar-refractivity contribution in [3.63, 3.8) is 0 Å². The van der Waals surface area contributed by atoms with Gasteiger partial charge in [-0.25, -0.2) is 9.37 Å². The third-order valence-corrected chi connectivity index (χ3v) is 7.31. The average Bonchev–Trinajstić information content (AvgIpc) is 3.45. The summed E-state index contributed by atoms with van der Waals surface area (Å²) in [4.78, 5) is 20.4. The SMILES string of the molecule is COc1ccc(SCCCC(=O)N(CC2CCCO2)c2nc3c(F)cccc3s2)cc1. The van der Waals surface area contributed by atoms with Crippen molar-refractivity contribution in [3.8, 4) is 5.75 Å². The van der Waals surface area contributed by atoms with E-state index in [1.165, 1.54) is 17.4 Å². The number of hydrogen-bond acceptors (Lipinski definition) is 6. The first-order valence-corrected chi connectivity index (χ1v) is 12.2. The number of ether oxygens (including phenoxy) is 2. The second-order valence-corrected chi connectivity index (χ2v) is 9.53. The summed E-state index contributed by atoms with van der Waals surface area (Å²) >= 11 is 3.07. The maximum Gasteiger partial charge on any atom is 0.228 e. The topological polar surface area (TPSA) is 51.7 Å². The van der Waals surface area contributed by atoms with Gasteiger partial charge in [-0.15, -0.1) is 11.8 Å². The molecule has 8 heteroatoms. The Labute approximate surface area is 189 Å². The van der Waals surface area contributed by atoms with Crippen LogP contribution in [0.4, 0.5) is 9.52 Å². The Balaban J connectivity index is 1.40. The fourth-order valence-corrected chi connectivity index (χ4v) is 5.38. The molecule has 164 valence electrons. The molecule has 0 aliphatic carbocycles. The number of halogens is 1. The molecule has 31 heavy (non-hydrogen) atoms. The van der Waals surface area contributed by atoms with Gasteiger partial charge < -0.3 is 9.47 Å². The molecule has 1 unspecified atom stereocenters. The molecule has 0 saturated carbocycles. The predicted octanol–water partition coefficient (Wildman–Crippen LogP) is 5.53. The first kappa shape index (κ1) is 22.0. The summed E-state index contributed by atoms with van der Waals surface area (Å²) < 4.78 is 25.8. The molecule has 1 amide bonds. The smallest absolute Gasteiger partial charge is 0.228 e. The van der Waals surface area contributed by atoms with Crippen molar-refractivity contribution >= 4 is 44.4 Å². The molecule has 0 spiro atoms. The molecular formula is C23H25FN2O3S2. The summed E-state index contributed by atoms with van der Waals surface area (Å²) in [5.74, 6) is 1.31. The van der Waals surface area contributed by atoms with Crippen LogP contribution < -0.4 is 9.64 Å². The average molecular weight is 461 g/mol. The molecule has 3 aromatic rings. The highest BCUT2D eigenvalue weighted by Crippen LogP contribution is 2.32. The number of para-hydroxylation sites is 1. The zero-order valence-corrected chi connectivity index (χ0v) is 19.0. The van der Waals surface area contributed by atoms with Crippen LogP contribution in [0, 0.1) is 5.82 Å². The molecule has 1 saturated heterocycles. The maximum atomic E-state index is 14.1. The van der Waals surface area contributed by atoms with E-state index in [0.29, 0.717) is 23.6 Å². The van der Waals surface area contributed by atoms with Crippen molar-refractivity contribution in [3.05, 3.63) is 48.3 Å². The van der Waals surface area contributed by atoms with Gasteiger partial charge in [0, 0.05) is 17.9 Å². The van der Waals surface area contributed by atoms with E-state index in [1.54, 1.807) is 29.8 Å². The van der Waals surface area contributed by atoms with Gasteiger partial charge in [-0.05, 0) is 61.4 Å². The number of carbonyl (C=O) groups excluding carboxylic acids is 1. The van der Waals surface area contributed by atoms with Gasteiger partial charge in [0.05, 0.1) is 24.5 Å². The minimum Gasteiger partial charge on any atom is -0.497 e. The highest BCUT2D eigenvalue weighted by atomic mass is 32.2. The van der Waals surface area contributed by atoms with Crippen LogP contribution in [-0.4, -0.2) is 43.0 Å². The van der Waals surface area contributed by atoms with Gasteiger partial charge in [-0.2, -0.15) is 0 Å². The third kappa shape index (κ3) is 5.56. The van der Waals surface area contributed by atoms with Crippen LogP contribution in [0.1, 0.15) is 25.7 Å². The number of hydrogen-bond donors (Lipinski definition) is 0. The van der Waals surface area contributed by atoms with Crippen molar-refractivity contribution in [1.82, 2.24) is 4.98 Å². The minimum atomic E-state index is -0.361. The molecule has 2 heterocycles. The highest BCUT2D eigenvalue weighted by molar-refractivity contribution is 7.99. The van der Waals surface area contributed by atoms with Gasteiger partial charge in [0.1, 0.15) is 17.1 Å². The number of aromatic nitrogens is 1. The van der Waals surface area contributed by atoms with Gasteiger partial charge in [0.25, 0.3) is 0 Å². The molecule has 1 aromatic heterocycles. The first-order chi connectivity index (χ1) is 15.1. The number of carbonyl (C=O) groups is 1. The van der Waals surface area contributed by atoms with E-state index in [0.717, 1.165) is 47.0 Å². The number of thiazole rings is 1. The molecule has 4 rings (SSSR count). The molecule has 1 aliphatic heterocycles. The van der Waals surface area contributed by atoms with Crippen LogP contribution in [0.25, 0.3) is 10.2 Å². The molecule has 0 radical (unpaired) electrons. The lowest BCUT2D eigenvalue weighted by atomic mass is 10.2. The minimum absolute atomic E-state index is 0.00490. The Bertz CT molecular complexity index is 1020. The van der Waals surface area contributed by atoms with E-state index in [9.17, 15) is 9.18 Å². The van der Waals surface area contributed by atoms with E-state index in [1.807, 2.05) is 30.3 Å². The lowest BCUT2D eigenvalue weighted by Crippen LogP contribution is -2.37. The van der Waals surface area contributed by atoms with Gasteiger partial charge in [0.2, 0.25) is 5.91 Å². The molecule has 5 nitrogen and oxygen atoms in total. The lowest BCUT2D eigenvalue weighted by molar-refractivity contribution is -0.119. The van der Waals surface area contributed by atoms with Crippen molar-refractivity contribution < 1.29 is 18.7 Å². The Kier molecular flexibility index (Phi) is 7.42. The number of nitrogens with zero attached hydrogens (tertiary/aromatic N) is 2. The van der Waals surface area contributed by atoms with Crippen molar-refractivity contribution in [2.45, 2.75) is 36.7 Å².